The van der Waals surface area contributed by atoms with E-state index in [-0.39, 0.29) is 11.8 Å². The second-order valence-corrected chi connectivity index (χ2v) is 7.97. The van der Waals surface area contributed by atoms with Gasteiger partial charge in [-0.2, -0.15) is 19.1 Å². The summed E-state index contributed by atoms with van der Waals surface area (Å²) in [5, 5.41) is 14.3. The van der Waals surface area contributed by atoms with Gasteiger partial charge in [0.05, 0.1) is 18.3 Å². The van der Waals surface area contributed by atoms with Crippen molar-refractivity contribution in [3.8, 4) is 28.9 Å². The van der Waals surface area contributed by atoms with E-state index in [1.807, 2.05) is 22.9 Å². The van der Waals surface area contributed by atoms with Gasteiger partial charge in [0.15, 0.2) is 17.7 Å². The topological polar surface area (TPSA) is 76.2 Å². The Morgan fingerprint density at radius 2 is 2.03 bits per heavy atom. The number of nitrogens with zero attached hydrogens (tertiary/aromatic N) is 5. The number of benzene rings is 1. The number of hydrogen-bond donors (Lipinski definition) is 0. The largest absolute Gasteiger partial charge is 0.489 e. The van der Waals surface area contributed by atoms with Gasteiger partial charge in [-0.3, -0.25) is 9.88 Å². The Bertz CT molecular complexity index is 1140. The average Bonchev–Trinajstić information content (AvgIpc) is 3.53. The standard InChI is InChI=1S/C23H21F2N5O2/c24-23(25)32-20-6-5-16(10-21(20)31-13-15-3-4-15)19-7-9-29(14-26)22-11-18(28-30(19)22)17-2-1-8-27-12-17/h1-2,5-6,8,10-12,15,19,23H,3-4,7,9,13H2. The summed E-state index contributed by atoms with van der Waals surface area (Å²) in [5.41, 5.74) is 2.42. The highest BCUT2D eigenvalue weighted by molar-refractivity contribution is 5.64. The van der Waals surface area contributed by atoms with E-state index in [1.54, 1.807) is 29.4 Å². The third-order valence-electron chi connectivity index (χ3n) is 5.73. The number of alkyl halides is 2. The number of ether oxygens (including phenoxy) is 2. The summed E-state index contributed by atoms with van der Waals surface area (Å²) in [7, 11) is 0. The van der Waals surface area contributed by atoms with Crippen molar-refractivity contribution in [3.63, 3.8) is 0 Å². The lowest BCUT2D eigenvalue weighted by molar-refractivity contribution is -0.0515. The summed E-state index contributed by atoms with van der Waals surface area (Å²) in [5.74, 6) is 1.47. The molecule has 0 radical (unpaired) electrons. The number of rotatable bonds is 7. The first-order valence-electron chi connectivity index (χ1n) is 10.5. The van der Waals surface area contributed by atoms with Gasteiger partial charge in [0.2, 0.25) is 0 Å². The van der Waals surface area contributed by atoms with Gasteiger partial charge in [0, 0.05) is 30.6 Å². The van der Waals surface area contributed by atoms with Crippen molar-refractivity contribution in [2.45, 2.75) is 31.9 Å². The second kappa shape index (κ2) is 8.46. The highest BCUT2D eigenvalue weighted by Gasteiger charge is 2.30. The molecule has 1 atom stereocenters. The van der Waals surface area contributed by atoms with Crippen molar-refractivity contribution in [1.82, 2.24) is 14.8 Å². The lowest BCUT2D eigenvalue weighted by atomic mass is 10.0. The van der Waals surface area contributed by atoms with Gasteiger partial charge < -0.3 is 9.47 Å². The summed E-state index contributed by atoms with van der Waals surface area (Å²) in [6, 6.07) is 10.5. The Hall–Kier alpha value is -3.67. The Kier molecular flexibility index (Phi) is 5.35. The Labute approximate surface area is 183 Å². The molecule has 2 aromatic heterocycles. The zero-order valence-electron chi connectivity index (χ0n) is 17.2. The molecule has 2 aliphatic rings. The normalized spacial score (nSPS) is 17.7. The number of halogens is 2. The molecule has 0 N–H and O–H groups in total. The van der Waals surface area contributed by atoms with Crippen LogP contribution in [0.4, 0.5) is 14.6 Å². The van der Waals surface area contributed by atoms with Crippen LogP contribution in [-0.2, 0) is 0 Å². The van der Waals surface area contributed by atoms with Crippen molar-refractivity contribution in [1.29, 1.82) is 5.26 Å². The fraction of sp³-hybridized carbons (Fsp3) is 0.348. The van der Waals surface area contributed by atoms with E-state index in [0.717, 1.165) is 24.0 Å². The first-order chi connectivity index (χ1) is 15.6. The molecular formula is C23H21F2N5O2. The van der Waals surface area contributed by atoms with Crippen molar-refractivity contribution in [2.75, 3.05) is 18.1 Å². The SMILES string of the molecule is N#CN1CCC(c2ccc(OC(F)F)c(OCC3CC3)c2)n2nc(-c3cccnc3)cc21. The first kappa shape index (κ1) is 20.2. The van der Waals surface area contributed by atoms with Crippen molar-refractivity contribution >= 4 is 5.82 Å². The maximum Gasteiger partial charge on any atom is 0.387 e. The minimum atomic E-state index is -2.93. The van der Waals surface area contributed by atoms with Gasteiger partial charge in [-0.25, -0.2) is 4.68 Å². The van der Waals surface area contributed by atoms with Crippen LogP contribution in [0.2, 0.25) is 0 Å². The maximum absolute atomic E-state index is 12.9. The highest BCUT2D eigenvalue weighted by Crippen LogP contribution is 2.39. The van der Waals surface area contributed by atoms with Crippen molar-refractivity contribution in [2.24, 2.45) is 5.92 Å². The Balaban J connectivity index is 1.51. The van der Waals surface area contributed by atoms with E-state index >= 15 is 0 Å². The Morgan fingerprint density at radius 3 is 2.75 bits per heavy atom. The van der Waals surface area contributed by atoms with Gasteiger partial charge in [-0.05, 0) is 55.0 Å². The summed E-state index contributed by atoms with van der Waals surface area (Å²) in [6.45, 7) is -1.93. The fourth-order valence-electron chi connectivity index (χ4n) is 3.90. The monoisotopic (exact) mass is 437 g/mol. The summed E-state index contributed by atoms with van der Waals surface area (Å²) < 4.78 is 38.1. The predicted molar refractivity (Wildman–Crippen MR) is 112 cm³/mol. The van der Waals surface area contributed by atoms with E-state index in [1.165, 1.54) is 6.07 Å². The molecule has 9 heteroatoms. The fourth-order valence-corrected chi connectivity index (χ4v) is 3.90. The zero-order valence-corrected chi connectivity index (χ0v) is 17.2. The molecule has 0 saturated heterocycles. The molecular weight excluding hydrogens is 416 g/mol. The number of hydrogen-bond acceptors (Lipinski definition) is 6. The molecule has 32 heavy (non-hydrogen) atoms. The van der Waals surface area contributed by atoms with Crippen LogP contribution in [0.1, 0.15) is 30.9 Å². The van der Waals surface area contributed by atoms with Crippen LogP contribution < -0.4 is 14.4 Å². The third kappa shape index (κ3) is 4.08. The summed E-state index contributed by atoms with van der Waals surface area (Å²) >= 11 is 0. The van der Waals surface area contributed by atoms with E-state index in [9.17, 15) is 14.0 Å². The third-order valence-corrected chi connectivity index (χ3v) is 5.73. The predicted octanol–water partition coefficient (Wildman–Crippen LogP) is 4.62. The molecule has 1 aromatic carbocycles. The van der Waals surface area contributed by atoms with Crippen LogP contribution in [0.15, 0.2) is 48.8 Å². The van der Waals surface area contributed by atoms with E-state index in [2.05, 4.69) is 15.9 Å². The van der Waals surface area contributed by atoms with Crippen LogP contribution >= 0.6 is 0 Å². The van der Waals surface area contributed by atoms with Crippen LogP contribution in [0, 0.1) is 17.4 Å². The van der Waals surface area contributed by atoms with Crippen LogP contribution in [0.25, 0.3) is 11.3 Å². The number of fused-ring (bicyclic) bond motifs is 1. The van der Waals surface area contributed by atoms with Crippen LogP contribution in [0.3, 0.4) is 0 Å². The molecule has 3 heterocycles. The van der Waals surface area contributed by atoms with Crippen molar-refractivity contribution < 1.29 is 18.3 Å². The van der Waals surface area contributed by atoms with Crippen LogP contribution in [0.5, 0.6) is 11.5 Å². The molecule has 0 amide bonds. The minimum Gasteiger partial charge on any atom is -0.489 e. The number of pyridine rings is 1. The van der Waals surface area contributed by atoms with Crippen molar-refractivity contribution in [3.05, 3.63) is 54.4 Å². The molecule has 0 bridgehead atoms. The van der Waals surface area contributed by atoms with E-state index < -0.39 is 6.61 Å². The van der Waals surface area contributed by atoms with Gasteiger partial charge in [-0.1, -0.05) is 6.07 Å². The van der Waals surface area contributed by atoms with E-state index in [0.29, 0.717) is 42.8 Å². The molecule has 5 rings (SSSR count). The number of aromatic nitrogens is 3. The number of nitriles is 1. The number of anilines is 1. The molecule has 1 aliphatic carbocycles. The lowest BCUT2D eigenvalue weighted by Gasteiger charge is -2.30. The molecule has 7 nitrogen and oxygen atoms in total. The first-order valence-corrected chi connectivity index (χ1v) is 10.5. The zero-order chi connectivity index (χ0) is 22.1. The van der Waals surface area contributed by atoms with E-state index in [4.69, 9.17) is 9.84 Å². The maximum atomic E-state index is 12.9. The summed E-state index contributed by atoms with van der Waals surface area (Å²) in [6.07, 6.45) is 8.43. The van der Waals surface area contributed by atoms with Gasteiger partial charge in [0.1, 0.15) is 5.82 Å². The Morgan fingerprint density at radius 1 is 1.16 bits per heavy atom. The molecule has 164 valence electrons. The van der Waals surface area contributed by atoms with Gasteiger partial charge in [0.25, 0.3) is 0 Å². The molecule has 3 aromatic rings. The minimum absolute atomic E-state index is 0.0237. The molecule has 1 fully saturated rings. The van der Waals surface area contributed by atoms with Crippen LogP contribution in [-0.4, -0.2) is 34.5 Å². The molecule has 1 aliphatic heterocycles. The lowest BCUT2D eigenvalue weighted by Crippen LogP contribution is -2.31. The molecule has 0 spiro atoms. The second-order valence-electron chi connectivity index (χ2n) is 7.97. The quantitative estimate of drug-likeness (QED) is 0.502. The molecule has 1 saturated carbocycles. The molecule has 1 unspecified atom stereocenters. The van der Waals surface area contributed by atoms with Gasteiger partial charge in [-0.15, -0.1) is 0 Å². The highest BCUT2D eigenvalue weighted by atomic mass is 19.3. The van der Waals surface area contributed by atoms with Gasteiger partial charge >= 0.3 is 6.61 Å². The average molecular weight is 437 g/mol. The summed E-state index contributed by atoms with van der Waals surface area (Å²) in [4.78, 5) is 5.75. The smallest absolute Gasteiger partial charge is 0.387 e.